The average molecular weight is 461 g/mol. The number of likely N-dealkylation sites (N-methyl/N-ethyl adjacent to an activating group) is 1. The summed E-state index contributed by atoms with van der Waals surface area (Å²) in [6, 6.07) is 21.8. The minimum Gasteiger partial charge on any atom is -0.456 e. The van der Waals surface area contributed by atoms with Crippen LogP contribution in [-0.4, -0.2) is 13.6 Å². The van der Waals surface area contributed by atoms with E-state index in [2.05, 4.69) is 97.4 Å². The zero-order valence-corrected chi connectivity index (χ0v) is 21.1. The summed E-state index contributed by atoms with van der Waals surface area (Å²) in [4.78, 5) is 6.81. The molecule has 2 heterocycles. The minimum atomic E-state index is -0.0845. The number of rotatable bonds is 2. The maximum Gasteiger partial charge on any atom is 0.136 e. The second-order valence-electron chi connectivity index (χ2n) is 10.2. The molecule has 0 bridgehead atoms. The van der Waals surface area contributed by atoms with Crippen molar-refractivity contribution in [1.29, 1.82) is 0 Å². The second kappa shape index (κ2) is 8.27. The van der Waals surface area contributed by atoms with E-state index in [9.17, 15) is 0 Å². The summed E-state index contributed by atoms with van der Waals surface area (Å²) in [7, 11) is 1.82. The molecule has 6 rings (SSSR count). The molecule has 0 saturated carbocycles. The Labute approximate surface area is 207 Å². The van der Waals surface area contributed by atoms with Gasteiger partial charge in [0.2, 0.25) is 0 Å². The van der Waals surface area contributed by atoms with Crippen LogP contribution in [-0.2, 0) is 11.8 Å². The van der Waals surface area contributed by atoms with Crippen LogP contribution >= 0.6 is 0 Å². The van der Waals surface area contributed by atoms with Gasteiger partial charge in [0.05, 0.1) is 5.36 Å². The number of allylic oxidation sites excluding steroid dienone is 4. The highest BCUT2D eigenvalue weighted by molar-refractivity contribution is 5.95. The van der Waals surface area contributed by atoms with E-state index in [-0.39, 0.29) is 5.41 Å². The summed E-state index contributed by atoms with van der Waals surface area (Å²) in [5.41, 5.74) is 7.76. The lowest BCUT2D eigenvalue weighted by Crippen LogP contribution is -2.25. The van der Waals surface area contributed by atoms with Crippen LogP contribution in [0.1, 0.15) is 50.5 Å². The van der Waals surface area contributed by atoms with Gasteiger partial charge in [-0.25, -0.2) is 0 Å². The van der Waals surface area contributed by atoms with Gasteiger partial charge >= 0.3 is 0 Å². The molecule has 0 amide bonds. The number of nitrogens with zero attached hydrogens (tertiary/aromatic N) is 2. The minimum absolute atomic E-state index is 0.0845. The topological polar surface area (TPSA) is 28.7 Å². The van der Waals surface area contributed by atoms with Gasteiger partial charge in [-0.05, 0) is 84.0 Å². The van der Waals surface area contributed by atoms with Crippen molar-refractivity contribution in [2.24, 2.45) is 4.99 Å². The number of benzene rings is 3. The molecule has 0 spiro atoms. The smallest absolute Gasteiger partial charge is 0.136 e. The molecule has 0 saturated heterocycles. The Hall–Kier alpha value is -3.59. The first-order chi connectivity index (χ1) is 17.0. The molecule has 0 atom stereocenters. The monoisotopic (exact) mass is 460 g/mol. The predicted molar refractivity (Wildman–Crippen MR) is 146 cm³/mol. The first-order valence-electron chi connectivity index (χ1n) is 12.7. The van der Waals surface area contributed by atoms with E-state index in [1.807, 2.05) is 13.1 Å². The first-order valence-corrected chi connectivity index (χ1v) is 12.7. The quantitative estimate of drug-likeness (QED) is 0.310. The molecule has 35 heavy (non-hydrogen) atoms. The predicted octanol–water partition coefficient (Wildman–Crippen LogP) is 7.49. The molecule has 0 N–H and O–H groups in total. The Morgan fingerprint density at radius 2 is 1.86 bits per heavy atom. The van der Waals surface area contributed by atoms with E-state index >= 15 is 0 Å². The third-order valence-electron chi connectivity index (χ3n) is 7.79. The summed E-state index contributed by atoms with van der Waals surface area (Å²) in [6.45, 7) is 7.91. The van der Waals surface area contributed by atoms with Crippen molar-refractivity contribution in [3.63, 3.8) is 0 Å². The molecule has 4 aliphatic rings. The number of anilines is 1. The maximum absolute atomic E-state index is 6.51. The summed E-state index contributed by atoms with van der Waals surface area (Å²) < 4.78 is 6.51. The van der Waals surface area contributed by atoms with Crippen LogP contribution in [0.15, 0.2) is 87.9 Å². The van der Waals surface area contributed by atoms with Crippen LogP contribution in [0.5, 0.6) is 0 Å². The number of hydrogen-bond acceptors (Lipinski definition) is 3. The standard InChI is InChI=1S/C32H32N2O/c1-5-34-27-17-14-21-9-6-7-12-26(21)30(27)32(2,3)29(34)18-15-22-10-8-11-24-19-23-13-16-25(33-4)20-28(23)35-31(22)24/h6-7,9,12-20H,5,8,10-11H2,1-4H3/b22-15+,29-18+,33-25?. The fourth-order valence-electron chi connectivity index (χ4n) is 6.05. The highest BCUT2D eigenvalue weighted by atomic mass is 16.3. The third kappa shape index (κ3) is 3.44. The summed E-state index contributed by atoms with van der Waals surface area (Å²) >= 11 is 0. The zero-order chi connectivity index (χ0) is 24.2. The van der Waals surface area contributed by atoms with Crippen LogP contribution in [0.2, 0.25) is 0 Å². The molecule has 2 aliphatic carbocycles. The highest BCUT2D eigenvalue weighted by Gasteiger charge is 2.40. The molecule has 176 valence electrons. The van der Waals surface area contributed by atoms with Crippen molar-refractivity contribution < 1.29 is 4.42 Å². The van der Waals surface area contributed by atoms with Crippen LogP contribution in [0.3, 0.4) is 0 Å². The molecular weight excluding hydrogens is 428 g/mol. The molecule has 3 nitrogen and oxygen atoms in total. The molecule has 3 heteroatoms. The Morgan fingerprint density at radius 1 is 1.00 bits per heavy atom. The first kappa shape index (κ1) is 21.9. The van der Waals surface area contributed by atoms with E-state index in [4.69, 9.17) is 4.42 Å². The van der Waals surface area contributed by atoms with Crippen molar-refractivity contribution >= 4 is 22.0 Å². The van der Waals surface area contributed by atoms with Crippen molar-refractivity contribution in [1.82, 2.24) is 0 Å². The molecule has 2 aromatic carbocycles. The molecular formula is C32H32N2O. The Morgan fingerprint density at radius 3 is 2.69 bits per heavy atom. The van der Waals surface area contributed by atoms with Gasteiger partial charge in [-0.15, -0.1) is 0 Å². The van der Waals surface area contributed by atoms with Gasteiger partial charge in [0.1, 0.15) is 11.5 Å². The fraction of sp³-hybridized carbons (Fsp3) is 0.281. The van der Waals surface area contributed by atoms with Crippen molar-refractivity contribution in [2.75, 3.05) is 18.5 Å². The van der Waals surface area contributed by atoms with Gasteiger partial charge in [-0.1, -0.05) is 50.3 Å². The van der Waals surface area contributed by atoms with Gasteiger partial charge in [-0.3, -0.25) is 4.99 Å². The van der Waals surface area contributed by atoms with Gasteiger partial charge in [0.15, 0.2) is 0 Å². The average Bonchev–Trinajstić information content (AvgIpc) is 3.11. The number of aryl methyl sites for hydroxylation is 1. The lowest BCUT2D eigenvalue weighted by atomic mass is 9.81. The third-order valence-corrected chi connectivity index (χ3v) is 7.79. The summed E-state index contributed by atoms with van der Waals surface area (Å²) in [6.07, 6.45) is 7.91. The molecule has 2 aliphatic heterocycles. The van der Waals surface area contributed by atoms with E-state index in [1.165, 1.54) is 38.9 Å². The normalized spacial score (nSPS) is 19.7. The van der Waals surface area contributed by atoms with Gasteiger partial charge in [-0.2, -0.15) is 0 Å². The summed E-state index contributed by atoms with van der Waals surface area (Å²) in [5.74, 6) is 1.94. The number of hydrogen-bond donors (Lipinski definition) is 0. The van der Waals surface area contributed by atoms with E-state index in [0.29, 0.717) is 0 Å². The molecule has 0 fully saturated rings. The zero-order valence-electron chi connectivity index (χ0n) is 21.1. The lowest BCUT2D eigenvalue weighted by molar-refractivity contribution is 0.526. The summed E-state index contributed by atoms with van der Waals surface area (Å²) in [5, 5.41) is 3.60. The van der Waals surface area contributed by atoms with E-state index in [1.54, 1.807) is 0 Å². The van der Waals surface area contributed by atoms with E-state index < -0.39 is 0 Å². The Bertz CT molecular complexity index is 1550. The largest absolute Gasteiger partial charge is 0.456 e. The molecule has 0 radical (unpaired) electrons. The van der Waals surface area contributed by atoms with Gasteiger partial charge in [0, 0.05) is 42.0 Å². The maximum atomic E-state index is 6.51. The van der Waals surface area contributed by atoms with Crippen LogP contribution < -0.4 is 10.3 Å². The second-order valence-corrected chi connectivity index (χ2v) is 10.2. The SMILES string of the molecule is CCN1/C(=C/C=C2\CCCc3cc4ccc(=NC)cc-4oc32)C(C)(C)c2c1ccc1ccccc21. The fourth-order valence-corrected chi connectivity index (χ4v) is 6.05. The molecule has 2 aromatic rings. The van der Waals surface area contributed by atoms with Crippen LogP contribution in [0.4, 0.5) is 5.69 Å². The highest BCUT2D eigenvalue weighted by Crippen LogP contribution is 2.50. The lowest BCUT2D eigenvalue weighted by Gasteiger charge is -2.26. The van der Waals surface area contributed by atoms with E-state index in [0.717, 1.165) is 48.2 Å². The van der Waals surface area contributed by atoms with Gasteiger partial charge in [0.25, 0.3) is 0 Å². The Kier molecular flexibility index (Phi) is 5.17. The Balaban J connectivity index is 1.48. The van der Waals surface area contributed by atoms with Crippen LogP contribution in [0.25, 0.3) is 27.7 Å². The molecule has 0 aromatic heterocycles. The van der Waals surface area contributed by atoms with Gasteiger partial charge < -0.3 is 9.32 Å². The van der Waals surface area contributed by atoms with Crippen molar-refractivity contribution in [2.45, 2.75) is 45.4 Å². The number of fused-ring (bicyclic) bond motifs is 5. The van der Waals surface area contributed by atoms with Crippen molar-refractivity contribution in [3.05, 3.63) is 101 Å². The van der Waals surface area contributed by atoms with Crippen LogP contribution in [0, 0.1) is 0 Å². The molecule has 0 unspecified atom stereocenters. The van der Waals surface area contributed by atoms with Crippen molar-refractivity contribution in [3.8, 4) is 11.3 Å².